The molecule has 2 heterocycles. The molecule has 1 aliphatic heterocycles. The van der Waals surface area contributed by atoms with E-state index in [0.29, 0.717) is 25.0 Å². The van der Waals surface area contributed by atoms with Crippen molar-refractivity contribution in [1.29, 1.82) is 0 Å². The Labute approximate surface area is 182 Å². The van der Waals surface area contributed by atoms with Gasteiger partial charge in [0.25, 0.3) is 0 Å². The van der Waals surface area contributed by atoms with Crippen LogP contribution in [-0.2, 0) is 9.47 Å². The van der Waals surface area contributed by atoms with E-state index in [1.165, 1.54) is 5.56 Å². The summed E-state index contributed by atoms with van der Waals surface area (Å²) in [7, 11) is 0. The average Bonchev–Trinajstić information content (AvgIpc) is 3.23. The number of H-pyrrole nitrogens is 1. The van der Waals surface area contributed by atoms with Crippen LogP contribution in [0.3, 0.4) is 0 Å². The second-order valence-electron chi connectivity index (χ2n) is 8.94. The van der Waals surface area contributed by atoms with E-state index in [0.717, 1.165) is 41.5 Å². The molecule has 3 atom stereocenters. The number of benzene rings is 2. The molecule has 3 aromatic rings. The third kappa shape index (κ3) is 4.12. The van der Waals surface area contributed by atoms with Crippen LogP contribution in [-0.4, -0.2) is 24.0 Å². The van der Waals surface area contributed by atoms with E-state index in [2.05, 4.69) is 43.1 Å². The SMILES string of the molecule is CC(Oc1cccc(C2CC3(CCC2C)OCCO3)c1)c1ccc2[nH]c(=O)ccc2c1. The lowest BCUT2D eigenvalue weighted by molar-refractivity contribution is -0.186. The normalized spacial score (nSPS) is 23.8. The highest BCUT2D eigenvalue weighted by molar-refractivity contribution is 5.79. The van der Waals surface area contributed by atoms with Crippen molar-refractivity contribution in [3.05, 3.63) is 76.1 Å². The molecule has 1 aliphatic carbocycles. The van der Waals surface area contributed by atoms with E-state index in [4.69, 9.17) is 14.2 Å². The molecule has 0 radical (unpaired) electrons. The zero-order valence-corrected chi connectivity index (χ0v) is 18.1. The van der Waals surface area contributed by atoms with E-state index in [1.807, 2.05) is 24.3 Å². The van der Waals surface area contributed by atoms with Crippen molar-refractivity contribution < 1.29 is 14.2 Å². The van der Waals surface area contributed by atoms with Gasteiger partial charge in [-0.15, -0.1) is 0 Å². The van der Waals surface area contributed by atoms with Crippen LogP contribution >= 0.6 is 0 Å². The molecule has 0 amide bonds. The molecule has 1 N–H and O–H groups in total. The molecule has 1 aromatic heterocycles. The number of ether oxygens (including phenoxy) is 3. The molecule has 1 saturated heterocycles. The van der Waals surface area contributed by atoms with Crippen molar-refractivity contribution >= 4 is 10.9 Å². The van der Waals surface area contributed by atoms with Crippen molar-refractivity contribution in [1.82, 2.24) is 4.98 Å². The third-order valence-corrected chi connectivity index (χ3v) is 6.83. The van der Waals surface area contributed by atoms with Gasteiger partial charge in [-0.25, -0.2) is 0 Å². The number of pyridine rings is 1. The second kappa shape index (κ2) is 8.13. The third-order valence-electron chi connectivity index (χ3n) is 6.83. The first-order valence-electron chi connectivity index (χ1n) is 11.2. The number of aromatic nitrogens is 1. The molecule has 5 heteroatoms. The molecular formula is C26H29NO4. The Hall–Kier alpha value is -2.63. The summed E-state index contributed by atoms with van der Waals surface area (Å²) in [4.78, 5) is 14.4. The molecule has 1 spiro atoms. The molecule has 2 aromatic carbocycles. The monoisotopic (exact) mass is 419 g/mol. The van der Waals surface area contributed by atoms with Crippen LogP contribution in [0.25, 0.3) is 10.9 Å². The fourth-order valence-electron chi connectivity index (χ4n) is 5.01. The van der Waals surface area contributed by atoms with Gasteiger partial charge in [0, 0.05) is 24.4 Å². The molecular weight excluding hydrogens is 390 g/mol. The fraction of sp³-hybridized carbons (Fsp3) is 0.423. The summed E-state index contributed by atoms with van der Waals surface area (Å²) in [5.74, 6) is 1.44. The van der Waals surface area contributed by atoms with E-state index in [-0.39, 0.29) is 11.7 Å². The summed E-state index contributed by atoms with van der Waals surface area (Å²) in [5.41, 5.74) is 3.10. The molecule has 3 unspecified atom stereocenters. The lowest BCUT2D eigenvalue weighted by atomic mass is 9.73. The minimum Gasteiger partial charge on any atom is -0.486 e. The maximum atomic E-state index is 11.5. The molecule has 0 bridgehead atoms. The van der Waals surface area contributed by atoms with Gasteiger partial charge in [-0.3, -0.25) is 4.79 Å². The van der Waals surface area contributed by atoms with Gasteiger partial charge in [0.05, 0.1) is 13.2 Å². The lowest BCUT2D eigenvalue weighted by Gasteiger charge is -2.40. The predicted octanol–water partition coefficient (Wildman–Crippen LogP) is 5.31. The summed E-state index contributed by atoms with van der Waals surface area (Å²) in [6, 6.07) is 17.9. The highest BCUT2D eigenvalue weighted by Crippen LogP contribution is 2.46. The van der Waals surface area contributed by atoms with E-state index < -0.39 is 5.79 Å². The van der Waals surface area contributed by atoms with Crippen molar-refractivity contribution in [2.45, 2.75) is 50.9 Å². The Kier molecular flexibility index (Phi) is 5.32. The van der Waals surface area contributed by atoms with Gasteiger partial charge in [0.2, 0.25) is 5.56 Å². The Bertz CT molecular complexity index is 1130. The first-order chi connectivity index (χ1) is 15.0. The number of aromatic amines is 1. The van der Waals surface area contributed by atoms with Crippen molar-refractivity contribution in [3.8, 4) is 5.75 Å². The largest absolute Gasteiger partial charge is 0.486 e. The van der Waals surface area contributed by atoms with Crippen LogP contribution in [0.5, 0.6) is 5.75 Å². The number of hydrogen-bond donors (Lipinski definition) is 1. The minimum atomic E-state index is -0.395. The van der Waals surface area contributed by atoms with E-state index in [9.17, 15) is 4.79 Å². The van der Waals surface area contributed by atoms with E-state index >= 15 is 0 Å². The van der Waals surface area contributed by atoms with Gasteiger partial charge in [0.15, 0.2) is 5.79 Å². The van der Waals surface area contributed by atoms with Gasteiger partial charge in [-0.05, 0) is 72.0 Å². The predicted molar refractivity (Wildman–Crippen MR) is 120 cm³/mol. The number of rotatable bonds is 4. The minimum absolute atomic E-state index is 0.0894. The standard InChI is InChI=1S/C26H29NO4/c1-17-10-11-26(29-12-13-30-26)16-23(17)20-4-3-5-22(15-20)31-18(2)19-6-8-24-21(14-19)7-9-25(28)27-24/h3-9,14-15,17-18,23H,10-13,16H2,1-2H3,(H,27,28). The Morgan fingerprint density at radius 3 is 2.77 bits per heavy atom. The maximum Gasteiger partial charge on any atom is 0.248 e. The van der Waals surface area contributed by atoms with Crippen molar-refractivity contribution in [3.63, 3.8) is 0 Å². The van der Waals surface area contributed by atoms with Gasteiger partial charge in [-0.2, -0.15) is 0 Å². The quantitative estimate of drug-likeness (QED) is 0.622. The van der Waals surface area contributed by atoms with Crippen LogP contribution < -0.4 is 10.3 Å². The van der Waals surface area contributed by atoms with Crippen molar-refractivity contribution in [2.75, 3.05) is 13.2 Å². The zero-order chi connectivity index (χ0) is 21.4. The van der Waals surface area contributed by atoms with Gasteiger partial charge in [0.1, 0.15) is 11.9 Å². The van der Waals surface area contributed by atoms with Crippen LogP contribution in [0.4, 0.5) is 0 Å². The van der Waals surface area contributed by atoms with Crippen molar-refractivity contribution in [2.24, 2.45) is 5.92 Å². The number of hydrogen-bond acceptors (Lipinski definition) is 4. The molecule has 2 fully saturated rings. The summed E-state index contributed by atoms with van der Waals surface area (Å²) >= 11 is 0. The maximum absolute atomic E-state index is 11.5. The first kappa shape index (κ1) is 20.3. The van der Waals surface area contributed by atoms with Crippen LogP contribution in [0.1, 0.15) is 56.3 Å². The van der Waals surface area contributed by atoms with Gasteiger partial charge >= 0.3 is 0 Å². The summed E-state index contributed by atoms with van der Waals surface area (Å²) in [6.45, 7) is 5.77. The van der Waals surface area contributed by atoms with Crippen LogP contribution in [0, 0.1) is 5.92 Å². The molecule has 1 saturated carbocycles. The van der Waals surface area contributed by atoms with Crippen LogP contribution in [0.2, 0.25) is 0 Å². The number of fused-ring (bicyclic) bond motifs is 1. The summed E-state index contributed by atoms with van der Waals surface area (Å²) < 4.78 is 18.3. The molecule has 162 valence electrons. The summed E-state index contributed by atoms with van der Waals surface area (Å²) in [5, 5.41) is 0.999. The Balaban J connectivity index is 1.35. The molecule has 5 nitrogen and oxygen atoms in total. The summed E-state index contributed by atoms with van der Waals surface area (Å²) in [6.07, 6.45) is 2.87. The molecule has 2 aliphatic rings. The topological polar surface area (TPSA) is 60.6 Å². The van der Waals surface area contributed by atoms with E-state index in [1.54, 1.807) is 6.07 Å². The average molecular weight is 420 g/mol. The highest BCUT2D eigenvalue weighted by atomic mass is 16.7. The van der Waals surface area contributed by atoms with Crippen LogP contribution in [0.15, 0.2) is 59.4 Å². The molecule has 31 heavy (non-hydrogen) atoms. The first-order valence-corrected chi connectivity index (χ1v) is 11.2. The lowest BCUT2D eigenvalue weighted by Crippen LogP contribution is -2.38. The molecule has 5 rings (SSSR count). The zero-order valence-electron chi connectivity index (χ0n) is 18.1. The Morgan fingerprint density at radius 1 is 1.10 bits per heavy atom. The fourth-order valence-corrected chi connectivity index (χ4v) is 5.01. The smallest absolute Gasteiger partial charge is 0.248 e. The van der Waals surface area contributed by atoms with Gasteiger partial charge in [-0.1, -0.05) is 25.1 Å². The second-order valence-corrected chi connectivity index (χ2v) is 8.94. The van der Waals surface area contributed by atoms with Gasteiger partial charge < -0.3 is 19.2 Å². The number of nitrogens with one attached hydrogen (secondary N) is 1. The highest BCUT2D eigenvalue weighted by Gasteiger charge is 2.44. The Morgan fingerprint density at radius 2 is 1.94 bits per heavy atom.